The molecular formula is C13H15N5O3. The summed E-state index contributed by atoms with van der Waals surface area (Å²) in [4.78, 5) is 27.7. The first-order chi connectivity index (χ1) is 10.1. The van der Waals surface area contributed by atoms with Crippen molar-refractivity contribution in [1.82, 2.24) is 20.5 Å². The first-order valence-electron chi connectivity index (χ1n) is 6.23. The van der Waals surface area contributed by atoms with Gasteiger partial charge in [0.2, 0.25) is 11.9 Å². The second-order valence-electron chi connectivity index (χ2n) is 4.22. The molecule has 0 bridgehead atoms. The standard InChI is InChI=1S/C13H15N5O3/c1-8(14-11(20)9-6-4-3-5-7-9)10(19)15-12-16-13(21-2)18-17-12/h3-8H,1-2H3,(H,14,20)(H2,15,16,17,18,19). The molecule has 3 N–H and O–H groups in total. The van der Waals surface area contributed by atoms with Gasteiger partial charge in [0, 0.05) is 5.56 Å². The number of methoxy groups -OCH3 is 1. The van der Waals surface area contributed by atoms with Crippen LogP contribution in [-0.4, -0.2) is 40.1 Å². The van der Waals surface area contributed by atoms with Gasteiger partial charge in [-0.15, -0.1) is 5.10 Å². The van der Waals surface area contributed by atoms with Crippen LogP contribution in [0.4, 0.5) is 5.95 Å². The molecule has 21 heavy (non-hydrogen) atoms. The molecule has 2 aromatic rings. The van der Waals surface area contributed by atoms with E-state index in [0.717, 1.165) is 0 Å². The Hall–Kier alpha value is -2.90. The average molecular weight is 289 g/mol. The van der Waals surface area contributed by atoms with Crippen molar-refractivity contribution < 1.29 is 14.3 Å². The van der Waals surface area contributed by atoms with Gasteiger partial charge in [0.15, 0.2) is 0 Å². The Morgan fingerprint density at radius 3 is 2.62 bits per heavy atom. The lowest BCUT2D eigenvalue weighted by molar-refractivity contribution is -0.117. The minimum atomic E-state index is -0.728. The third kappa shape index (κ3) is 3.78. The van der Waals surface area contributed by atoms with Crippen LogP contribution < -0.4 is 15.4 Å². The number of aromatic amines is 1. The summed E-state index contributed by atoms with van der Waals surface area (Å²) in [7, 11) is 1.41. The van der Waals surface area contributed by atoms with Gasteiger partial charge in [0.1, 0.15) is 6.04 Å². The first-order valence-corrected chi connectivity index (χ1v) is 6.23. The zero-order valence-electron chi connectivity index (χ0n) is 11.6. The Kier molecular flexibility index (Phi) is 4.50. The van der Waals surface area contributed by atoms with E-state index in [1.54, 1.807) is 31.2 Å². The third-order valence-electron chi connectivity index (χ3n) is 2.67. The van der Waals surface area contributed by atoms with E-state index < -0.39 is 11.9 Å². The number of nitrogens with zero attached hydrogens (tertiary/aromatic N) is 2. The molecule has 8 heteroatoms. The summed E-state index contributed by atoms with van der Waals surface area (Å²) in [6.45, 7) is 1.57. The number of nitrogens with one attached hydrogen (secondary N) is 3. The third-order valence-corrected chi connectivity index (χ3v) is 2.67. The van der Waals surface area contributed by atoms with Gasteiger partial charge in [-0.2, -0.15) is 4.98 Å². The van der Waals surface area contributed by atoms with Gasteiger partial charge in [-0.1, -0.05) is 18.2 Å². The smallest absolute Gasteiger partial charge is 0.336 e. The van der Waals surface area contributed by atoms with Crippen molar-refractivity contribution in [2.24, 2.45) is 0 Å². The van der Waals surface area contributed by atoms with E-state index in [0.29, 0.717) is 5.56 Å². The topological polar surface area (TPSA) is 109 Å². The minimum absolute atomic E-state index is 0.117. The van der Waals surface area contributed by atoms with Crippen molar-refractivity contribution in [2.45, 2.75) is 13.0 Å². The van der Waals surface area contributed by atoms with Gasteiger partial charge in [-0.05, 0) is 19.1 Å². The van der Waals surface area contributed by atoms with Gasteiger partial charge in [-0.3, -0.25) is 14.9 Å². The zero-order chi connectivity index (χ0) is 15.2. The highest BCUT2D eigenvalue weighted by Crippen LogP contribution is 2.05. The van der Waals surface area contributed by atoms with Crippen LogP contribution in [0.2, 0.25) is 0 Å². The van der Waals surface area contributed by atoms with Gasteiger partial charge in [0.25, 0.3) is 5.91 Å². The normalized spacial score (nSPS) is 11.5. The van der Waals surface area contributed by atoms with Crippen LogP contribution in [0.15, 0.2) is 30.3 Å². The lowest BCUT2D eigenvalue weighted by atomic mass is 10.2. The number of amides is 2. The zero-order valence-corrected chi connectivity index (χ0v) is 11.6. The molecule has 0 aliphatic rings. The van der Waals surface area contributed by atoms with Crippen molar-refractivity contribution in [2.75, 3.05) is 12.4 Å². The Balaban J connectivity index is 1.92. The Morgan fingerprint density at radius 1 is 1.29 bits per heavy atom. The maximum absolute atomic E-state index is 11.9. The van der Waals surface area contributed by atoms with Crippen LogP contribution in [-0.2, 0) is 4.79 Å². The summed E-state index contributed by atoms with van der Waals surface area (Å²) in [5.74, 6) is -0.593. The molecule has 0 aliphatic carbocycles. The van der Waals surface area contributed by atoms with Crippen LogP contribution in [0.5, 0.6) is 6.01 Å². The van der Waals surface area contributed by atoms with Crippen molar-refractivity contribution in [1.29, 1.82) is 0 Å². The highest BCUT2D eigenvalue weighted by atomic mass is 16.5. The number of carbonyl (C=O) groups is 2. The minimum Gasteiger partial charge on any atom is -0.466 e. The molecule has 1 aromatic heterocycles. The van der Waals surface area contributed by atoms with Gasteiger partial charge in [-0.25, -0.2) is 5.10 Å². The van der Waals surface area contributed by atoms with Gasteiger partial charge < -0.3 is 10.1 Å². The largest absolute Gasteiger partial charge is 0.466 e. The Bertz CT molecular complexity index is 626. The number of aromatic nitrogens is 3. The molecule has 0 saturated heterocycles. The molecule has 2 rings (SSSR count). The number of hydrogen-bond acceptors (Lipinski definition) is 5. The quantitative estimate of drug-likeness (QED) is 0.745. The van der Waals surface area contributed by atoms with E-state index in [-0.39, 0.29) is 17.9 Å². The molecule has 2 amide bonds. The molecular weight excluding hydrogens is 274 g/mol. The number of benzene rings is 1. The number of H-pyrrole nitrogens is 1. The molecule has 0 fully saturated rings. The van der Waals surface area contributed by atoms with Crippen LogP contribution >= 0.6 is 0 Å². The second-order valence-corrected chi connectivity index (χ2v) is 4.22. The summed E-state index contributed by atoms with van der Waals surface area (Å²) < 4.78 is 4.78. The predicted molar refractivity (Wildman–Crippen MR) is 74.9 cm³/mol. The maximum Gasteiger partial charge on any atom is 0.336 e. The molecule has 0 spiro atoms. The van der Waals surface area contributed by atoms with Crippen LogP contribution in [0.25, 0.3) is 0 Å². The molecule has 1 atom stereocenters. The molecule has 1 heterocycles. The van der Waals surface area contributed by atoms with Crippen molar-refractivity contribution in [3.63, 3.8) is 0 Å². The second kappa shape index (κ2) is 6.51. The molecule has 110 valence electrons. The summed E-state index contributed by atoms with van der Waals surface area (Å²) >= 11 is 0. The molecule has 1 aromatic carbocycles. The van der Waals surface area contributed by atoms with Crippen LogP contribution in [0.3, 0.4) is 0 Å². The molecule has 0 radical (unpaired) electrons. The van der Waals surface area contributed by atoms with Gasteiger partial charge in [0.05, 0.1) is 7.11 Å². The highest BCUT2D eigenvalue weighted by Gasteiger charge is 2.18. The number of anilines is 1. The lowest BCUT2D eigenvalue weighted by Crippen LogP contribution is -2.41. The van der Waals surface area contributed by atoms with Crippen molar-refractivity contribution >= 4 is 17.8 Å². The fourth-order valence-corrected chi connectivity index (χ4v) is 1.55. The van der Waals surface area contributed by atoms with E-state index in [4.69, 9.17) is 4.74 Å². The summed E-state index contributed by atoms with van der Waals surface area (Å²) in [6.07, 6.45) is 0. The van der Waals surface area contributed by atoms with Gasteiger partial charge >= 0.3 is 6.01 Å². The van der Waals surface area contributed by atoms with E-state index in [1.807, 2.05) is 6.07 Å². The monoisotopic (exact) mass is 289 g/mol. The molecule has 0 aliphatic heterocycles. The summed E-state index contributed by atoms with van der Waals surface area (Å²) in [5, 5.41) is 11.3. The molecule has 1 unspecified atom stereocenters. The fraction of sp³-hybridized carbons (Fsp3) is 0.231. The average Bonchev–Trinajstić information content (AvgIpc) is 2.95. The van der Waals surface area contributed by atoms with Crippen LogP contribution in [0, 0.1) is 0 Å². The number of carbonyl (C=O) groups excluding carboxylic acids is 2. The maximum atomic E-state index is 11.9. The van der Waals surface area contributed by atoms with E-state index in [1.165, 1.54) is 7.11 Å². The molecule has 0 saturated carbocycles. The van der Waals surface area contributed by atoms with E-state index in [2.05, 4.69) is 25.8 Å². The predicted octanol–water partition coefficient (Wildman–Crippen LogP) is 0.570. The summed E-state index contributed by atoms with van der Waals surface area (Å²) in [5.41, 5.74) is 0.485. The van der Waals surface area contributed by atoms with E-state index >= 15 is 0 Å². The Morgan fingerprint density at radius 2 is 2.00 bits per heavy atom. The number of hydrogen-bond donors (Lipinski definition) is 3. The molecule has 8 nitrogen and oxygen atoms in total. The lowest BCUT2D eigenvalue weighted by Gasteiger charge is -2.12. The summed E-state index contributed by atoms with van der Waals surface area (Å²) in [6, 6.07) is 8.04. The number of ether oxygens (including phenoxy) is 1. The highest BCUT2D eigenvalue weighted by molar-refractivity contribution is 6.00. The van der Waals surface area contributed by atoms with Crippen molar-refractivity contribution in [3.05, 3.63) is 35.9 Å². The van der Waals surface area contributed by atoms with E-state index in [9.17, 15) is 9.59 Å². The van der Waals surface area contributed by atoms with Crippen LogP contribution in [0.1, 0.15) is 17.3 Å². The first kappa shape index (κ1) is 14.5. The number of rotatable bonds is 5. The Labute approximate surface area is 120 Å². The SMILES string of the molecule is COc1n[nH]c(NC(=O)C(C)NC(=O)c2ccccc2)n1. The van der Waals surface area contributed by atoms with Crippen molar-refractivity contribution in [3.8, 4) is 6.01 Å². The fourth-order valence-electron chi connectivity index (χ4n) is 1.55.